The highest BCUT2D eigenvalue weighted by Crippen LogP contribution is 2.59. The largest absolute Gasteiger partial charge is 0.494 e. The maximum absolute atomic E-state index is 13.1. The van der Waals surface area contributed by atoms with Gasteiger partial charge in [-0.1, -0.05) is 36.7 Å². The summed E-state index contributed by atoms with van der Waals surface area (Å²) >= 11 is 2.14. The Balaban J connectivity index is 1.38. The fourth-order valence-corrected chi connectivity index (χ4v) is 6.80. The minimum Gasteiger partial charge on any atom is -0.494 e. The predicted octanol–water partition coefficient (Wildman–Crippen LogP) is 8.06. The number of nitrogens with zero attached hydrogens (tertiary/aromatic N) is 2. The number of hydrogen-bond acceptors (Lipinski definition) is 13. The number of hydrogen-bond donors (Lipinski definition) is 0. The summed E-state index contributed by atoms with van der Waals surface area (Å²) in [6, 6.07) is 17.6. The minimum absolute atomic E-state index is 0.151. The maximum atomic E-state index is 13.1. The van der Waals surface area contributed by atoms with Gasteiger partial charge in [0.1, 0.15) is 23.0 Å². The lowest BCUT2D eigenvalue weighted by molar-refractivity contribution is -0.138. The van der Waals surface area contributed by atoms with Gasteiger partial charge in [-0.05, 0) is 86.3 Å². The van der Waals surface area contributed by atoms with E-state index < -0.39 is 17.9 Å². The van der Waals surface area contributed by atoms with Gasteiger partial charge in [0, 0.05) is 12.5 Å². The second-order valence-corrected chi connectivity index (χ2v) is 12.8. The molecule has 0 aliphatic carbocycles. The van der Waals surface area contributed by atoms with Gasteiger partial charge < -0.3 is 28.4 Å². The summed E-state index contributed by atoms with van der Waals surface area (Å²) in [7, 11) is 0. The molecule has 4 rings (SSSR count). The van der Waals surface area contributed by atoms with E-state index in [1.165, 1.54) is 12.1 Å². The van der Waals surface area contributed by atoms with Crippen molar-refractivity contribution in [1.29, 1.82) is 5.26 Å². The quantitative estimate of drug-likeness (QED) is 0.0235. The number of thioether (sulfide) groups is 2. The van der Waals surface area contributed by atoms with E-state index in [1.807, 2.05) is 6.07 Å². The third-order valence-electron chi connectivity index (χ3n) is 6.90. The molecular weight excluding hydrogens is 709 g/mol. The van der Waals surface area contributed by atoms with Crippen molar-refractivity contribution in [2.45, 2.75) is 41.9 Å². The molecule has 0 saturated heterocycles. The summed E-state index contributed by atoms with van der Waals surface area (Å²) in [5.41, 5.74) is 0.343. The van der Waals surface area contributed by atoms with Crippen LogP contribution in [0.5, 0.6) is 23.0 Å². The number of nitriles is 1. The van der Waals surface area contributed by atoms with Gasteiger partial charge in [0.05, 0.1) is 63.9 Å². The molecule has 3 aromatic rings. The molecule has 0 atom stereocenters. The number of benzene rings is 3. The van der Waals surface area contributed by atoms with Gasteiger partial charge in [0.2, 0.25) is 0 Å². The monoisotopic (exact) mass is 740 g/mol. The lowest BCUT2D eigenvalue weighted by Gasteiger charge is -2.13. The molecule has 12 nitrogen and oxygen atoms in total. The highest BCUT2D eigenvalue weighted by molar-refractivity contribution is 8.24. The normalized spacial score (nSPS) is 12.2. The molecule has 266 valence electrons. The van der Waals surface area contributed by atoms with Crippen molar-refractivity contribution in [2.24, 2.45) is 0 Å². The van der Waals surface area contributed by atoms with Crippen LogP contribution in [0.25, 0.3) is 4.85 Å². The number of carbonyl (C=O) groups excluding carboxylic acids is 4. The van der Waals surface area contributed by atoms with E-state index in [2.05, 4.69) is 22.7 Å². The first-order valence-corrected chi connectivity index (χ1v) is 17.4. The molecular formula is C38H32N2O10S2. The van der Waals surface area contributed by atoms with Gasteiger partial charge in [0.15, 0.2) is 0 Å². The van der Waals surface area contributed by atoms with Gasteiger partial charge >= 0.3 is 23.9 Å². The zero-order valence-corrected chi connectivity index (χ0v) is 29.4. The van der Waals surface area contributed by atoms with Crippen LogP contribution < -0.4 is 18.9 Å². The van der Waals surface area contributed by atoms with E-state index in [1.54, 1.807) is 48.5 Å². The summed E-state index contributed by atoms with van der Waals surface area (Å²) in [6.45, 7) is 15.1. The fourth-order valence-electron chi connectivity index (χ4n) is 4.33. The van der Waals surface area contributed by atoms with Crippen LogP contribution >= 0.6 is 23.5 Å². The first-order valence-electron chi connectivity index (χ1n) is 15.8. The smallest absolute Gasteiger partial charge is 0.343 e. The van der Waals surface area contributed by atoms with Crippen molar-refractivity contribution >= 4 is 47.4 Å². The maximum Gasteiger partial charge on any atom is 0.343 e. The number of ether oxygens (including phenoxy) is 6. The van der Waals surface area contributed by atoms with E-state index in [4.69, 9.17) is 30.3 Å². The lowest BCUT2D eigenvalue weighted by atomic mass is 10.2. The Morgan fingerprint density at radius 1 is 0.750 bits per heavy atom. The molecule has 52 heavy (non-hydrogen) atoms. The van der Waals surface area contributed by atoms with Gasteiger partial charge in [-0.25, -0.2) is 24.5 Å². The minimum atomic E-state index is -0.661. The Morgan fingerprint density at radius 3 is 1.71 bits per heavy atom. The molecule has 0 N–H and O–H groups in total. The molecule has 0 unspecified atom stereocenters. The van der Waals surface area contributed by atoms with Crippen molar-refractivity contribution in [2.75, 3.05) is 19.8 Å². The molecule has 1 aliphatic heterocycles. The first-order chi connectivity index (χ1) is 25.3. The summed E-state index contributed by atoms with van der Waals surface area (Å²) in [6.07, 6.45) is 4.94. The molecule has 0 bridgehead atoms. The molecule has 1 aliphatic rings. The average molecular weight is 741 g/mol. The van der Waals surface area contributed by atoms with Crippen LogP contribution in [0.15, 0.2) is 106 Å². The summed E-state index contributed by atoms with van der Waals surface area (Å²) in [5, 5.41) is 9.50. The van der Waals surface area contributed by atoms with Gasteiger partial charge in [-0.2, -0.15) is 0 Å². The van der Waals surface area contributed by atoms with Crippen molar-refractivity contribution in [3.63, 3.8) is 0 Å². The van der Waals surface area contributed by atoms with E-state index in [9.17, 15) is 24.4 Å². The lowest BCUT2D eigenvalue weighted by Crippen LogP contribution is -2.11. The topological polar surface area (TPSA) is 152 Å². The second kappa shape index (κ2) is 20.0. The third kappa shape index (κ3) is 11.3. The Bertz CT molecular complexity index is 1910. The third-order valence-corrected chi connectivity index (χ3v) is 9.51. The van der Waals surface area contributed by atoms with Crippen LogP contribution in [-0.4, -0.2) is 43.7 Å². The molecule has 0 amide bonds. The Morgan fingerprint density at radius 2 is 1.25 bits per heavy atom. The van der Waals surface area contributed by atoms with E-state index in [-0.39, 0.29) is 47.3 Å². The fraction of sp³-hybridized carbons (Fsp3) is 0.211. The number of carbonyl (C=O) groups is 4. The highest BCUT2D eigenvalue weighted by atomic mass is 32.2. The van der Waals surface area contributed by atoms with Crippen LogP contribution in [0.1, 0.15) is 52.8 Å². The molecule has 0 radical (unpaired) electrons. The average Bonchev–Trinajstić information content (AvgIpc) is 3.61. The molecule has 14 heteroatoms. The predicted molar refractivity (Wildman–Crippen MR) is 192 cm³/mol. The van der Waals surface area contributed by atoms with Crippen molar-refractivity contribution in [3.05, 3.63) is 119 Å². The summed E-state index contributed by atoms with van der Waals surface area (Å²) < 4.78 is 32.8. The Kier molecular flexibility index (Phi) is 15.0. The number of rotatable bonds is 18. The van der Waals surface area contributed by atoms with Crippen molar-refractivity contribution in [3.8, 4) is 29.1 Å². The van der Waals surface area contributed by atoms with Crippen LogP contribution in [0.4, 0.5) is 0 Å². The van der Waals surface area contributed by atoms with Gasteiger partial charge in [-0.3, -0.25) is 4.79 Å². The second-order valence-electron chi connectivity index (χ2n) is 10.5. The van der Waals surface area contributed by atoms with Crippen LogP contribution in [-0.2, 0) is 19.1 Å². The highest BCUT2D eigenvalue weighted by Gasteiger charge is 2.30. The molecule has 1 heterocycles. The molecule has 0 saturated carbocycles. The first kappa shape index (κ1) is 38.8. The standard InChI is InChI=1S/C38H32N2O10S2/c1-4-32(41)48-23-9-8-22-47-28-17-13-26(14-18-28)37(44)50-31-20-19-30(34-35(31)52-38(51-34)29(24-39)40-3)49-36(43)25-11-15-27(16-12-25)46-21-7-6-10-33(42)45-5-2/h4-5,11-20H,1-2,6-10,21-23H2. The number of fused-ring (bicyclic) bond motifs is 1. The molecule has 0 fully saturated rings. The number of allylic oxidation sites excluding steroid dienone is 1. The van der Waals surface area contributed by atoms with Crippen molar-refractivity contribution < 1.29 is 47.6 Å². The SMILES string of the molecule is [C-]#[N+]C(C#N)=C1Sc2c(OC(=O)c3ccc(OCCCCOC(=O)C=C)cc3)ccc(OC(=O)c3ccc(OCCCCC(=O)OC=C)cc3)c2S1. The van der Waals surface area contributed by atoms with Crippen molar-refractivity contribution in [1.82, 2.24) is 0 Å². The number of esters is 4. The summed E-state index contributed by atoms with van der Waals surface area (Å²) in [5.74, 6) is -0.761. The Hall–Kier alpha value is -5.96. The van der Waals surface area contributed by atoms with Crippen LogP contribution in [0.3, 0.4) is 0 Å². The molecule has 0 spiro atoms. The zero-order chi connectivity index (χ0) is 37.3. The summed E-state index contributed by atoms with van der Waals surface area (Å²) in [4.78, 5) is 52.9. The van der Waals surface area contributed by atoms with Gasteiger partial charge in [0.25, 0.3) is 5.70 Å². The van der Waals surface area contributed by atoms with E-state index >= 15 is 0 Å². The van der Waals surface area contributed by atoms with Crippen LogP contribution in [0.2, 0.25) is 0 Å². The Labute approximate surface area is 308 Å². The molecule has 3 aromatic carbocycles. The van der Waals surface area contributed by atoms with E-state index in [0.717, 1.165) is 35.9 Å². The van der Waals surface area contributed by atoms with E-state index in [0.29, 0.717) is 64.4 Å². The molecule has 0 aromatic heterocycles. The van der Waals surface area contributed by atoms with Gasteiger partial charge in [-0.15, -0.1) is 0 Å². The number of unbranched alkanes of at least 4 members (excludes halogenated alkanes) is 2. The zero-order valence-electron chi connectivity index (χ0n) is 27.8. The van der Waals surface area contributed by atoms with Crippen LogP contribution in [0, 0.1) is 17.9 Å².